The van der Waals surface area contributed by atoms with E-state index >= 15 is 0 Å². The SMILES string of the molecule is Cc1cc(-c2ccc(F)cc2)cc(C2CCCN2C(=O)CC2CC(C)(C)OC2=O)n1. The summed E-state index contributed by atoms with van der Waals surface area (Å²) in [5, 5.41) is 0. The zero-order chi connectivity index (χ0) is 21.5. The molecule has 1 amide bonds. The topological polar surface area (TPSA) is 59.5 Å². The van der Waals surface area contributed by atoms with E-state index in [1.54, 1.807) is 12.1 Å². The van der Waals surface area contributed by atoms with Gasteiger partial charge in [-0.2, -0.15) is 0 Å². The summed E-state index contributed by atoms with van der Waals surface area (Å²) in [6.45, 7) is 6.34. The predicted molar refractivity (Wildman–Crippen MR) is 111 cm³/mol. The molecule has 6 heteroatoms. The number of hydrogen-bond donors (Lipinski definition) is 0. The van der Waals surface area contributed by atoms with Crippen LogP contribution >= 0.6 is 0 Å². The van der Waals surface area contributed by atoms with Crippen molar-refractivity contribution in [3.8, 4) is 11.1 Å². The Morgan fingerprint density at radius 3 is 2.63 bits per heavy atom. The lowest BCUT2D eigenvalue weighted by molar-refractivity contribution is -0.150. The first-order chi connectivity index (χ1) is 14.2. The van der Waals surface area contributed by atoms with Crippen molar-refractivity contribution in [2.24, 2.45) is 5.92 Å². The number of ether oxygens (including phenoxy) is 1. The number of benzene rings is 1. The normalized spacial score (nSPS) is 22.9. The molecule has 3 heterocycles. The first-order valence-electron chi connectivity index (χ1n) is 10.5. The highest BCUT2D eigenvalue weighted by Crippen LogP contribution is 2.37. The third kappa shape index (κ3) is 4.23. The van der Waals surface area contributed by atoms with E-state index in [1.807, 2.05) is 37.8 Å². The first kappa shape index (κ1) is 20.5. The number of pyridine rings is 1. The molecule has 158 valence electrons. The van der Waals surface area contributed by atoms with Crippen molar-refractivity contribution in [1.82, 2.24) is 9.88 Å². The molecule has 2 aliphatic heterocycles. The maximum Gasteiger partial charge on any atom is 0.310 e. The average molecular weight is 410 g/mol. The van der Waals surface area contributed by atoms with E-state index in [9.17, 15) is 14.0 Å². The Kier molecular flexibility index (Phi) is 5.35. The van der Waals surface area contributed by atoms with Gasteiger partial charge in [0.15, 0.2) is 0 Å². The second-order valence-electron chi connectivity index (χ2n) is 8.96. The Balaban J connectivity index is 1.55. The Hall–Kier alpha value is -2.76. The van der Waals surface area contributed by atoms with Gasteiger partial charge in [0.2, 0.25) is 5.91 Å². The number of cyclic esters (lactones) is 1. The Morgan fingerprint density at radius 1 is 1.23 bits per heavy atom. The summed E-state index contributed by atoms with van der Waals surface area (Å²) in [6, 6.07) is 10.2. The van der Waals surface area contributed by atoms with Crippen molar-refractivity contribution >= 4 is 11.9 Å². The maximum absolute atomic E-state index is 13.3. The van der Waals surface area contributed by atoms with E-state index in [0.717, 1.165) is 35.4 Å². The molecular formula is C24H27FN2O3. The molecule has 2 atom stereocenters. The number of aryl methyl sites for hydroxylation is 1. The van der Waals surface area contributed by atoms with Crippen LogP contribution in [0.3, 0.4) is 0 Å². The summed E-state index contributed by atoms with van der Waals surface area (Å²) >= 11 is 0. The van der Waals surface area contributed by atoms with Gasteiger partial charge in [0.25, 0.3) is 0 Å². The third-order valence-corrected chi connectivity index (χ3v) is 5.93. The highest BCUT2D eigenvalue weighted by molar-refractivity contribution is 5.84. The van der Waals surface area contributed by atoms with E-state index in [0.29, 0.717) is 13.0 Å². The summed E-state index contributed by atoms with van der Waals surface area (Å²) in [5.74, 6) is -0.958. The van der Waals surface area contributed by atoms with Crippen LogP contribution in [0.15, 0.2) is 36.4 Å². The van der Waals surface area contributed by atoms with Crippen molar-refractivity contribution in [3.63, 3.8) is 0 Å². The number of carbonyl (C=O) groups excluding carboxylic acids is 2. The van der Waals surface area contributed by atoms with Crippen molar-refractivity contribution in [2.75, 3.05) is 6.54 Å². The van der Waals surface area contributed by atoms with Crippen LogP contribution in [0.5, 0.6) is 0 Å². The molecule has 5 nitrogen and oxygen atoms in total. The van der Waals surface area contributed by atoms with E-state index in [4.69, 9.17) is 9.72 Å². The molecule has 0 saturated carbocycles. The van der Waals surface area contributed by atoms with Gasteiger partial charge in [0.05, 0.1) is 17.7 Å². The fourth-order valence-corrected chi connectivity index (χ4v) is 4.60. The smallest absolute Gasteiger partial charge is 0.310 e. The quantitative estimate of drug-likeness (QED) is 0.692. The number of rotatable bonds is 4. The molecule has 2 fully saturated rings. The summed E-state index contributed by atoms with van der Waals surface area (Å²) in [4.78, 5) is 31.8. The molecule has 2 unspecified atom stereocenters. The summed E-state index contributed by atoms with van der Waals surface area (Å²) < 4.78 is 18.7. The number of hydrogen-bond acceptors (Lipinski definition) is 4. The molecule has 2 aromatic rings. The minimum Gasteiger partial charge on any atom is -0.459 e. The number of nitrogens with zero attached hydrogens (tertiary/aromatic N) is 2. The lowest BCUT2D eigenvalue weighted by atomic mass is 9.94. The number of esters is 1. The van der Waals surface area contributed by atoms with Crippen LogP contribution in [-0.4, -0.2) is 33.9 Å². The van der Waals surface area contributed by atoms with E-state index < -0.39 is 5.60 Å². The van der Waals surface area contributed by atoms with Crippen molar-refractivity contribution in [1.29, 1.82) is 0 Å². The molecule has 0 bridgehead atoms. The zero-order valence-corrected chi connectivity index (χ0v) is 17.7. The van der Waals surface area contributed by atoms with Crippen LogP contribution < -0.4 is 0 Å². The van der Waals surface area contributed by atoms with Crippen LogP contribution in [-0.2, 0) is 14.3 Å². The van der Waals surface area contributed by atoms with Gasteiger partial charge in [-0.1, -0.05) is 12.1 Å². The Labute approximate surface area is 176 Å². The minimum absolute atomic E-state index is 0.0243. The number of likely N-dealkylation sites (tertiary alicyclic amines) is 1. The third-order valence-electron chi connectivity index (χ3n) is 5.93. The van der Waals surface area contributed by atoms with Gasteiger partial charge in [-0.25, -0.2) is 4.39 Å². The fourth-order valence-electron chi connectivity index (χ4n) is 4.60. The number of halogens is 1. The molecule has 0 aliphatic carbocycles. The molecule has 0 spiro atoms. The lowest BCUT2D eigenvalue weighted by Crippen LogP contribution is -2.33. The fraction of sp³-hybridized carbons (Fsp3) is 0.458. The summed E-state index contributed by atoms with van der Waals surface area (Å²) in [5.41, 5.74) is 3.06. The van der Waals surface area contributed by atoms with Gasteiger partial charge >= 0.3 is 5.97 Å². The average Bonchev–Trinajstić information content (AvgIpc) is 3.26. The Bertz CT molecular complexity index is 971. The van der Waals surface area contributed by atoms with Crippen LogP contribution in [0.25, 0.3) is 11.1 Å². The van der Waals surface area contributed by atoms with Gasteiger partial charge in [-0.15, -0.1) is 0 Å². The number of carbonyl (C=O) groups is 2. The molecule has 1 aromatic carbocycles. The molecular weight excluding hydrogens is 383 g/mol. The maximum atomic E-state index is 13.3. The molecule has 2 aliphatic rings. The zero-order valence-electron chi connectivity index (χ0n) is 17.7. The number of aromatic nitrogens is 1. The van der Waals surface area contributed by atoms with E-state index in [-0.39, 0.29) is 36.1 Å². The van der Waals surface area contributed by atoms with Crippen LogP contribution in [0.2, 0.25) is 0 Å². The second-order valence-corrected chi connectivity index (χ2v) is 8.96. The predicted octanol–water partition coefficient (Wildman–Crippen LogP) is 4.59. The Morgan fingerprint density at radius 2 is 1.97 bits per heavy atom. The standard InChI is InChI=1S/C24H27FN2O3/c1-15-11-17(16-6-8-19(25)9-7-16)12-20(26-15)21-5-4-10-27(21)22(28)13-18-14-24(2,3)30-23(18)29/h6-9,11-12,18,21H,4-5,10,13-14H2,1-3H3. The molecule has 4 rings (SSSR count). The molecule has 0 radical (unpaired) electrons. The van der Waals surface area contributed by atoms with E-state index in [2.05, 4.69) is 0 Å². The minimum atomic E-state index is -0.505. The van der Waals surface area contributed by atoms with Gasteiger partial charge in [0.1, 0.15) is 11.4 Å². The van der Waals surface area contributed by atoms with Crippen molar-refractivity contribution < 1.29 is 18.7 Å². The largest absolute Gasteiger partial charge is 0.459 e. The number of amides is 1. The highest BCUT2D eigenvalue weighted by Gasteiger charge is 2.42. The highest BCUT2D eigenvalue weighted by atomic mass is 19.1. The van der Waals surface area contributed by atoms with Gasteiger partial charge < -0.3 is 9.64 Å². The summed E-state index contributed by atoms with van der Waals surface area (Å²) in [6.07, 6.45) is 2.48. The van der Waals surface area contributed by atoms with Crippen molar-refractivity contribution in [2.45, 2.75) is 58.1 Å². The second kappa shape index (κ2) is 7.82. The first-order valence-corrected chi connectivity index (χ1v) is 10.5. The van der Waals surface area contributed by atoms with E-state index in [1.165, 1.54) is 12.1 Å². The molecule has 2 saturated heterocycles. The lowest BCUT2D eigenvalue weighted by Gasteiger charge is -2.26. The van der Waals surface area contributed by atoms with Crippen LogP contribution in [0, 0.1) is 18.7 Å². The summed E-state index contributed by atoms with van der Waals surface area (Å²) in [7, 11) is 0. The molecule has 30 heavy (non-hydrogen) atoms. The van der Waals surface area contributed by atoms with Crippen LogP contribution in [0.1, 0.15) is 57.0 Å². The monoisotopic (exact) mass is 410 g/mol. The molecule has 1 aromatic heterocycles. The van der Waals surface area contributed by atoms with Gasteiger partial charge in [0, 0.05) is 25.1 Å². The van der Waals surface area contributed by atoms with Crippen LogP contribution in [0.4, 0.5) is 4.39 Å². The van der Waals surface area contributed by atoms with Gasteiger partial charge in [-0.05, 0) is 69.0 Å². The van der Waals surface area contributed by atoms with Gasteiger partial charge in [-0.3, -0.25) is 14.6 Å². The van der Waals surface area contributed by atoms with Crippen molar-refractivity contribution in [3.05, 3.63) is 53.6 Å². The molecule has 0 N–H and O–H groups in total.